The number of imide groups is 1. The first-order valence-corrected chi connectivity index (χ1v) is 10.0. The van der Waals surface area contributed by atoms with E-state index in [0.717, 1.165) is 5.56 Å². The van der Waals surface area contributed by atoms with Crippen LogP contribution in [0.25, 0.3) is 0 Å². The lowest BCUT2D eigenvalue weighted by atomic mass is 10.0. The van der Waals surface area contributed by atoms with Crippen LogP contribution in [0, 0.1) is 0 Å². The van der Waals surface area contributed by atoms with Gasteiger partial charge in [-0.25, -0.2) is 4.90 Å². The summed E-state index contributed by atoms with van der Waals surface area (Å²) in [4.78, 5) is 28.2. The number of ether oxygens (including phenoxy) is 2. The third-order valence-electron chi connectivity index (χ3n) is 4.99. The van der Waals surface area contributed by atoms with Gasteiger partial charge in [-0.3, -0.25) is 9.59 Å². The van der Waals surface area contributed by atoms with E-state index in [1.165, 1.54) is 4.90 Å². The van der Waals surface area contributed by atoms with Gasteiger partial charge < -0.3 is 9.47 Å². The van der Waals surface area contributed by atoms with Crippen molar-refractivity contribution in [3.05, 3.63) is 95.6 Å². The predicted molar refractivity (Wildman–Crippen MR) is 115 cm³/mol. The van der Waals surface area contributed by atoms with Crippen LogP contribution in [-0.2, 0) is 11.2 Å². The Morgan fingerprint density at radius 3 is 2.23 bits per heavy atom. The second kappa shape index (κ2) is 8.93. The van der Waals surface area contributed by atoms with Crippen molar-refractivity contribution in [3.63, 3.8) is 0 Å². The highest BCUT2D eigenvalue weighted by molar-refractivity contribution is 6.26. The Kier molecular flexibility index (Phi) is 5.91. The Morgan fingerprint density at radius 2 is 1.60 bits per heavy atom. The smallest absolute Gasteiger partial charge is 0.265 e. The van der Waals surface area contributed by atoms with Crippen LogP contribution in [0.15, 0.2) is 78.9 Å². The van der Waals surface area contributed by atoms with Gasteiger partial charge in [0.15, 0.2) is 0 Å². The normalized spacial score (nSPS) is 14.8. The summed E-state index contributed by atoms with van der Waals surface area (Å²) in [6, 6.07) is 23.2. The SMILES string of the molecule is CCc1c(OCC2CO2)cccc1C(=O)N(C(=O)c1ccccc1)c1ccccc1. The number of nitrogens with zero attached hydrogens (tertiary/aromatic N) is 1. The number of epoxide rings is 1. The maximum Gasteiger partial charge on any atom is 0.265 e. The van der Waals surface area contributed by atoms with Crippen molar-refractivity contribution >= 4 is 17.5 Å². The van der Waals surface area contributed by atoms with Gasteiger partial charge in [0, 0.05) is 16.7 Å². The van der Waals surface area contributed by atoms with Gasteiger partial charge in [-0.2, -0.15) is 0 Å². The topological polar surface area (TPSA) is 59.1 Å². The van der Waals surface area contributed by atoms with Gasteiger partial charge in [-0.15, -0.1) is 0 Å². The van der Waals surface area contributed by atoms with E-state index in [1.807, 2.05) is 37.3 Å². The van der Waals surface area contributed by atoms with Crippen LogP contribution in [0.4, 0.5) is 5.69 Å². The molecule has 0 aliphatic carbocycles. The number of hydrogen-bond donors (Lipinski definition) is 0. The van der Waals surface area contributed by atoms with Crippen molar-refractivity contribution in [2.75, 3.05) is 18.1 Å². The Morgan fingerprint density at radius 1 is 0.933 bits per heavy atom. The van der Waals surface area contributed by atoms with E-state index >= 15 is 0 Å². The zero-order valence-corrected chi connectivity index (χ0v) is 16.8. The zero-order valence-electron chi connectivity index (χ0n) is 16.8. The van der Waals surface area contributed by atoms with E-state index in [4.69, 9.17) is 9.47 Å². The molecular weight excluding hydrogens is 378 g/mol. The van der Waals surface area contributed by atoms with Crippen LogP contribution < -0.4 is 9.64 Å². The third-order valence-corrected chi connectivity index (χ3v) is 4.99. The summed E-state index contributed by atoms with van der Waals surface area (Å²) in [5.74, 6) is -0.0920. The van der Waals surface area contributed by atoms with E-state index in [0.29, 0.717) is 42.2 Å². The van der Waals surface area contributed by atoms with Crippen LogP contribution in [0.3, 0.4) is 0 Å². The molecule has 152 valence electrons. The number of hydrogen-bond acceptors (Lipinski definition) is 4. The van der Waals surface area contributed by atoms with Crippen LogP contribution in [0.5, 0.6) is 5.75 Å². The van der Waals surface area contributed by atoms with E-state index in [-0.39, 0.29) is 17.9 Å². The Labute approximate surface area is 175 Å². The molecule has 4 rings (SSSR count). The number of carbonyl (C=O) groups excluding carboxylic acids is 2. The molecule has 1 fully saturated rings. The van der Waals surface area contributed by atoms with Crippen molar-refractivity contribution in [2.24, 2.45) is 0 Å². The highest BCUT2D eigenvalue weighted by Gasteiger charge is 2.29. The maximum absolute atomic E-state index is 13.7. The fourth-order valence-corrected chi connectivity index (χ4v) is 3.35. The second-order valence-corrected chi connectivity index (χ2v) is 7.05. The highest BCUT2D eigenvalue weighted by Crippen LogP contribution is 2.28. The quantitative estimate of drug-likeness (QED) is 0.432. The molecular formula is C25H23NO4. The molecule has 0 bridgehead atoms. The summed E-state index contributed by atoms with van der Waals surface area (Å²) in [5.41, 5.74) is 2.21. The van der Waals surface area contributed by atoms with Gasteiger partial charge >= 0.3 is 0 Å². The minimum absolute atomic E-state index is 0.120. The Balaban J connectivity index is 1.73. The van der Waals surface area contributed by atoms with Gasteiger partial charge in [0.25, 0.3) is 11.8 Å². The monoisotopic (exact) mass is 401 g/mol. The van der Waals surface area contributed by atoms with Crippen LogP contribution >= 0.6 is 0 Å². The van der Waals surface area contributed by atoms with Crippen molar-refractivity contribution in [2.45, 2.75) is 19.4 Å². The molecule has 1 unspecified atom stereocenters. The van der Waals surface area contributed by atoms with Crippen LogP contribution in [0.1, 0.15) is 33.2 Å². The standard InChI is InChI=1S/C25H23NO4/c1-2-21-22(14-9-15-23(21)30-17-20-16-29-20)25(28)26(19-12-7-4-8-13-19)24(27)18-10-5-3-6-11-18/h3-15,20H,2,16-17H2,1H3. The molecule has 30 heavy (non-hydrogen) atoms. The summed E-state index contributed by atoms with van der Waals surface area (Å²) < 4.78 is 11.1. The number of amides is 2. The summed E-state index contributed by atoms with van der Waals surface area (Å²) in [6.45, 7) is 3.13. The lowest BCUT2D eigenvalue weighted by Gasteiger charge is -2.23. The summed E-state index contributed by atoms with van der Waals surface area (Å²) >= 11 is 0. The first-order valence-electron chi connectivity index (χ1n) is 10.0. The molecule has 5 heteroatoms. The van der Waals surface area contributed by atoms with Crippen molar-refractivity contribution in [3.8, 4) is 5.75 Å². The molecule has 2 amide bonds. The van der Waals surface area contributed by atoms with Gasteiger partial charge in [-0.05, 0) is 42.8 Å². The predicted octanol–water partition coefficient (Wildman–Crippen LogP) is 4.51. The summed E-state index contributed by atoms with van der Waals surface area (Å²) in [6.07, 6.45) is 0.722. The fraction of sp³-hybridized carbons (Fsp3) is 0.200. The molecule has 0 aromatic heterocycles. The van der Waals surface area contributed by atoms with Crippen LogP contribution in [0.2, 0.25) is 0 Å². The van der Waals surface area contributed by atoms with E-state index in [1.54, 1.807) is 48.5 Å². The van der Waals surface area contributed by atoms with Crippen molar-refractivity contribution < 1.29 is 19.1 Å². The zero-order chi connectivity index (χ0) is 20.9. The molecule has 1 heterocycles. The average molecular weight is 401 g/mol. The second-order valence-electron chi connectivity index (χ2n) is 7.05. The molecule has 1 aliphatic heterocycles. The first kappa shape index (κ1) is 19.9. The Hall–Kier alpha value is -3.44. The molecule has 3 aromatic carbocycles. The number of carbonyl (C=O) groups is 2. The molecule has 5 nitrogen and oxygen atoms in total. The van der Waals surface area contributed by atoms with Gasteiger partial charge in [0.1, 0.15) is 18.5 Å². The molecule has 1 saturated heterocycles. The maximum atomic E-state index is 13.7. The van der Waals surface area contributed by atoms with E-state index in [9.17, 15) is 9.59 Å². The summed E-state index contributed by atoms with van der Waals surface area (Å²) in [7, 11) is 0. The largest absolute Gasteiger partial charge is 0.490 e. The van der Waals surface area contributed by atoms with E-state index < -0.39 is 0 Å². The minimum atomic E-state index is -0.375. The molecule has 0 radical (unpaired) electrons. The lowest BCUT2D eigenvalue weighted by Crippen LogP contribution is -2.37. The van der Waals surface area contributed by atoms with Gasteiger partial charge in [0.05, 0.1) is 12.3 Å². The summed E-state index contributed by atoms with van der Waals surface area (Å²) in [5, 5.41) is 0. The number of para-hydroxylation sites is 1. The molecule has 1 atom stereocenters. The number of anilines is 1. The molecule has 0 N–H and O–H groups in total. The molecule has 0 saturated carbocycles. The van der Waals surface area contributed by atoms with E-state index in [2.05, 4.69) is 0 Å². The first-order chi connectivity index (χ1) is 14.7. The fourth-order valence-electron chi connectivity index (χ4n) is 3.35. The lowest BCUT2D eigenvalue weighted by molar-refractivity contribution is 0.0897. The highest BCUT2D eigenvalue weighted by atomic mass is 16.6. The van der Waals surface area contributed by atoms with Crippen molar-refractivity contribution in [1.29, 1.82) is 0 Å². The molecule has 3 aromatic rings. The van der Waals surface area contributed by atoms with Gasteiger partial charge in [0.2, 0.25) is 0 Å². The van der Waals surface area contributed by atoms with Crippen LogP contribution in [-0.4, -0.2) is 31.1 Å². The average Bonchev–Trinajstić information content (AvgIpc) is 3.63. The molecule has 0 spiro atoms. The van der Waals surface area contributed by atoms with Gasteiger partial charge in [-0.1, -0.05) is 49.4 Å². The van der Waals surface area contributed by atoms with Crippen molar-refractivity contribution in [1.82, 2.24) is 0 Å². The number of rotatable bonds is 7. The third kappa shape index (κ3) is 4.26. The molecule has 1 aliphatic rings. The minimum Gasteiger partial charge on any atom is -0.490 e. The Bertz CT molecular complexity index is 1030. The number of benzene rings is 3.